The Kier molecular flexibility index (Phi) is 5.03. The molecule has 0 aromatic heterocycles. The third kappa shape index (κ3) is 3.82. The number of carbonyl (C=O) groups excluding carboxylic acids is 2. The first kappa shape index (κ1) is 17.0. The molecule has 25 heavy (non-hydrogen) atoms. The molecule has 0 bridgehead atoms. The molecule has 2 aromatic carbocycles. The highest BCUT2D eigenvalue weighted by molar-refractivity contribution is 5.98. The largest absolute Gasteiger partial charge is 0.482 e. The van der Waals surface area contributed by atoms with E-state index in [4.69, 9.17) is 9.47 Å². The molecule has 2 aromatic rings. The minimum absolute atomic E-state index is 0.0221. The first-order valence-electron chi connectivity index (χ1n) is 8.38. The van der Waals surface area contributed by atoms with Crippen LogP contribution in [0.1, 0.15) is 34.8 Å². The van der Waals surface area contributed by atoms with Gasteiger partial charge in [-0.1, -0.05) is 25.1 Å². The second-order valence-electron chi connectivity index (χ2n) is 6.08. The average molecular weight is 339 g/mol. The Morgan fingerprint density at radius 2 is 2.08 bits per heavy atom. The Morgan fingerprint density at radius 1 is 1.24 bits per heavy atom. The molecule has 5 nitrogen and oxygen atoms in total. The number of esters is 1. The number of amides is 1. The molecule has 0 saturated heterocycles. The van der Waals surface area contributed by atoms with Crippen molar-refractivity contribution >= 4 is 17.6 Å². The number of hydrogen-bond donors (Lipinski definition) is 0. The number of aryl methyl sites for hydroxylation is 1. The summed E-state index contributed by atoms with van der Waals surface area (Å²) in [5.41, 5.74) is 3.18. The lowest BCUT2D eigenvalue weighted by Crippen LogP contribution is -2.38. The second-order valence-corrected chi connectivity index (χ2v) is 6.08. The van der Waals surface area contributed by atoms with Crippen molar-refractivity contribution in [2.75, 3.05) is 18.1 Å². The van der Waals surface area contributed by atoms with Crippen molar-refractivity contribution in [3.63, 3.8) is 0 Å². The molecule has 1 aliphatic heterocycles. The van der Waals surface area contributed by atoms with Crippen LogP contribution in [0.25, 0.3) is 0 Å². The minimum atomic E-state index is -0.340. The Balaban J connectivity index is 1.84. The zero-order valence-electron chi connectivity index (χ0n) is 14.5. The molecular formula is C20H21NO4. The van der Waals surface area contributed by atoms with Gasteiger partial charge in [-0.05, 0) is 48.7 Å². The molecule has 3 rings (SSSR count). The molecule has 0 N–H and O–H groups in total. The first-order valence-corrected chi connectivity index (χ1v) is 8.38. The van der Waals surface area contributed by atoms with E-state index in [1.165, 1.54) is 0 Å². The average Bonchev–Trinajstić information content (AvgIpc) is 2.62. The Bertz CT molecular complexity index is 800. The summed E-state index contributed by atoms with van der Waals surface area (Å²) in [6.45, 7) is 4.73. The van der Waals surface area contributed by atoms with Crippen LogP contribution in [0.15, 0.2) is 42.5 Å². The van der Waals surface area contributed by atoms with Crippen LogP contribution < -0.4 is 9.64 Å². The van der Waals surface area contributed by atoms with E-state index in [1.54, 1.807) is 23.1 Å². The summed E-state index contributed by atoms with van der Waals surface area (Å²) in [7, 11) is 0. The van der Waals surface area contributed by atoms with Gasteiger partial charge in [-0.2, -0.15) is 0 Å². The summed E-state index contributed by atoms with van der Waals surface area (Å²) >= 11 is 0. The summed E-state index contributed by atoms with van der Waals surface area (Å²) in [6.07, 6.45) is 0.782. The molecule has 1 heterocycles. The van der Waals surface area contributed by atoms with Crippen LogP contribution >= 0.6 is 0 Å². The fourth-order valence-corrected chi connectivity index (χ4v) is 2.74. The molecule has 0 unspecified atom stereocenters. The number of fused-ring (bicyclic) bond motifs is 1. The Labute approximate surface area is 147 Å². The van der Waals surface area contributed by atoms with E-state index in [0.717, 1.165) is 23.2 Å². The van der Waals surface area contributed by atoms with Gasteiger partial charge in [0.25, 0.3) is 5.91 Å². The van der Waals surface area contributed by atoms with Crippen molar-refractivity contribution < 1.29 is 19.1 Å². The summed E-state index contributed by atoms with van der Waals surface area (Å²) in [6, 6.07) is 13.0. The maximum Gasteiger partial charge on any atom is 0.338 e. The third-order valence-electron chi connectivity index (χ3n) is 4.00. The maximum atomic E-state index is 12.3. The second kappa shape index (κ2) is 7.38. The third-order valence-corrected chi connectivity index (χ3v) is 4.00. The van der Waals surface area contributed by atoms with Crippen LogP contribution in [-0.2, 0) is 16.1 Å². The molecule has 1 aliphatic rings. The summed E-state index contributed by atoms with van der Waals surface area (Å²) in [5.74, 6) is 0.258. The van der Waals surface area contributed by atoms with Gasteiger partial charge in [0, 0.05) is 0 Å². The van der Waals surface area contributed by atoms with Gasteiger partial charge in [-0.25, -0.2) is 4.79 Å². The summed E-state index contributed by atoms with van der Waals surface area (Å²) in [5, 5.41) is 0. The van der Waals surface area contributed by atoms with Crippen LogP contribution in [0.5, 0.6) is 5.75 Å². The molecule has 0 fully saturated rings. The summed E-state index contributed by atoms with van der Waals surface area (Å²) in [4.78, 5) is 26.1. The van der Waals surface area contributed by atoms with Gasteiger partial charge in [0.05, 0.1) is 24.4 Å². The van der Waals surface area contributed by atoms with Crippen LogP contribution in [0, 0.1) is 6.92 Å². The highest BCUT2D eigenvalue weighted by Crippen LogP contribution is 2.33. The van der Waals surface area contributed by atoms with Crippen molar-refractivity contribution in [2.45, 2.75) is 26.8 Å². The molecule has 0 saturated carbocycles. The number of anilines is 1. The highest BCUT2D eigenvalue weighted by atomic mass is 16.5. The highest BCUT2D eigenvalue weighted by Gasteiger charge is 2.25. The van der Waals surface area contributed by atoms with Crippen molar-refractivity contribution in [1.29, 1.82) is 0 Å². The van der Waals surface area contributed by atoms with Crippen LogP contribution in [0.2, 0.25) is 0 Å². The standard InChI is InChI=1S/C20H21NO4/c1-3-9-24-20(23)16-6-4-5-15(11-16)12-21-17-10-14(2)7-8-18(17)25-13-19(21)22/h4-8,10-11H,3,9,12-13H2,1-2H3. The molecule has 1 amide bonds. The first-order chi connectivity index (χ1) is 12.1. The van der Waals surface area contributed by atoms with Gasteiger partial charge < -0.3 is 14.4 Å². The number of ether oxygens (including phenoxy) is 2. The fraction of sp³-hybridized carbons (Fsp3) is 0.300. The topological polar surface area (TPSA) is 55.8 Å². The molecule has 5 heteroatoms. The van der Waals surface area contributed by atoms with Crippen molar-refractivity contribution in [3.05, 3.63) is 59.2 Å². The van der Waals surface area contributed by atoms with Gasteiger partial charge in [-0.3, -0.25) is 4.79 Å². The van der Waals surface area contributed by atoms with E-state index in [9.17, 15) is 9.59 Å². The molecule has 130 valence electrons. The SMILES string of the molecule is CCCOC(=O)c1cccc(CN2C(=O)COc3ccc(C)cc32)c1. The minimum Gasteiger partial charge on any atom is -0.482 e. The van der Waals surface area contributed by atoms with Gasteiger partial charge in [0.15, 0.2) is 6.61 Å². The predicted octanol–water partition coefficient (Wildman–Crippen LogP) is 3.49. The van der Waals surface area contributed by atoms with E-state index < -0.39 is 0 Å². The van der Waals surface area contributed by atoms with E-state index in [1.807, 2.05) is 38.1 Å². The van der Waals surface area contributed by atoms with Gasteiger partial charge in [0.2, 0.25) is 0 Å². The Hall–Kier alpha value is -2.82. The normalized spacial score (nSPS) is 13.2. The predicted molar refractivity (Wildman–Crippen MR) is 94.9 cm³/mol. The quantitative estimate of drug-likeness (QED) is 0.783. The monoisotopic (exact) mass is 339 g/mol. The van der Waals surface area contributed by atoms with Gasteiger partial charge in [0.1, 0.15) is 5.75 Å². The molecule has 0 aliphatic carbocycles. The lowest BCUT2D eigenvalue weighted by molar-refractivity contribution is -0.121. The van der Waals surface area contributed by atoms with E-state index in [-0.39, 0.29) is 18.5 Å². The van der Waals surface area contributed by atoms with Crippen molar-refractivity contribution in [3.8, 4) is 5.75 Å². The number of carbonyl (C=O) groups is 2. The number of hydrogen-bond acceptors (Lipinski definition) is 4. The number of nitrogens with zero attached hydrogens (tertiary/aromatic N) is 1. The zero-order chi connectivity index (χ0) is 17.8. The fourth-order valence-electron chi connectivity index (χ4n) is 2.74. The van der Waals surface area contributed by atoms with Crippen LogP contribution in [0.4, 0.5) is 5.69 Å². The van der Waals surface area contributed by atoms with E-state index >= 15 is 0 Å². The molecule has 0 spiro atoms. The van der Waals surface area contributed by atoms with E-state index in [0.29, 0.717) is 24.5 Å². The Morgan fingerprint density at radius 3 is 2.88 bits per heavy atom. The van der Waals surface area contributed by atoms with Gasteiger partial charge in [-0.15, -0.1) is 0 Å². The lowest BCUT2D eigenvalue weighted by atomic mass is 10.1. The van der Waals surface area contributed by atoms with Crippen LogP contribution in [0.3, 0.4) is 0 Å². The summed E-state index contributed by atoms with van der Waals surface area (Å²) < 4.78 is 10.7. The molecule has 0 atom stereocenters. The van der Waals surface area contributed by atoms with Crippen LogP contribution in [-0.4, -0.2) is 25.1 Å². The van der Waals surface area contributed by atoms with Crippen molar-refractivity contribution in [2.24, 2.45) is 0 Å². The molecule has 0 radical (unpaired) electrons. The lowest BCUT2D eigenvalue weighted by Gasteiger charge is -2.29. The zero-order valence-corrected chi connectivity index (χ0v) is 14.5. The van der Waals surface area contributed by atoms with E-state index in [2.05, 4.69) is 0 Å². The van der Waals surface area contributed by atoms with Gasteiger partial charge >= 0.3 is 5.97 Å². The number of rotatable bonds is 5. The maximum absolute atomic E-state index is 12.3. The van der Waals surface area contributed by atoms with Crippen molar-refractivity contribution in [1.82, 2.24) is 0 Å². The smallest absolute Gasteiger partial charge is 0.338 e. The molecular weight excluding hydrogens is 318 g/mol. The number of benzene rings is 2.